The molecule has 0 aliphatic carbocycles. The molecule has 4 nitrogen and oxygen atoms in total. The standard InChI is InChI=1S/C14H15F4NO3/c1-13(2,12(22)19-10(7-15)11(20)21)8-4-3-5-9(6-8)14(16,17)18/h3-6,10H,7H2,1-2H3,(H,19,22)(H,20,21). The number of halogens is 4. The second-order valence-electron chi connectivity index (χ2n) is 5.22. The van der Waals surface area contributed by atoms with Crippen LogP contribution in [0.2, 0.25) is 0 Å². The number of nitrogens with one attached hydrogen (secondary N) is 1. The molecule has 0 aliphatic heterocycles. The molecule has 122 valence electrons. The van der Waals surface area contributed by atoms with Gasteiger partial charge in [-0.15, -0.1) is 0 Å². The molecule has 1 aromatic carbocycles. The van der Waals surface area contributed by atoms with Gasteiger partial charge in [0.05, 0.1) is 11.0 Å². The zero-order valence-corrected chi connectivity index (χ0v) is 11.9. The average molecular weight is 321 g/mol. The van der Waals surface area contributed by atoms with Gasteiger partial charge in [-0.05, 0) is 25.5 Å². The highest BCUT2D eigenvalue weighted by Gasteiger charge is 2.36. The van der Waals surface area contributed by atoms with Gasteiger partial charge in [0.1, 0.15) is 6.67 Å². The lowest BCUT2D eigenvalue weighted by Gasteiger charge is -2.26. The van der Waals surface area contributed by atoms with Crippen LogP contribution >= 0.6 is 0 Å². The summed E-state index contributed by atoms with van der Waals surface area (Å²) in [5.41, 5.74) is -2.33. The molecule has 0 heterocycles. The Kier molecular flexibility index (Phi) is 5.16. The van der Waals surface area contributed by atoms with Crippen molar-refractivity contribution in [1.29, 1.82) is 0 Å². The Morgan fingerprint density at radius 2 is 1.77 bits per heavy atom. The number of hydrogen-bond donors (Lipinski definition) is 2. The summed E-state index contributed by atoms with van der Waals surface area (Å²) in [5.74, 6) is -2.44. The van der Waals surface area contributed by atoms with Crippen LogP contribution in [-0.4, -0.2) is 29.7 Å². The molecule has 1 unspecified atom stereocenters. The predicted octanol–water partition coefficient (Wildman–Crippen LogP) is 2.52. The highest BCUT2D eigenvalue weighted by molar-refractivity contribution is 5.90. The van der Waals surface area contributed by atoms with Crippen molar-refractivity contribution in [1.82, 2.24) is 5.32 Å². The summed E-state index contributed by atoms with van der Waals surface area (Å²) in [6.07, 6.45) is -4.56. The van der Waals surface area contributed by atoms with Crippen LogP contribution in [0.15, 0.2) is 24.3 Å². The Morgan fingerprint density at radius 3 is 2.23 bits per heavy atom. The van der Waals surface area contributed by atoms with E-state index in [1.165, 1.54) is 19.9 Å². The van der Waals surface area contributed by atoms with Crippen LogP contribution in [0.1, 0.15) is 25.0 Å². The first kappa shape index (κ1) is 17.9. The van der Waals surface area contributed by atoms with Gasteiger partial charge in [0.2, 0.25) is 5.91 Å². The highest BCUT2D eigenvalue weighted by atomic mass is 19.4. The van der Waals surface area contributed by atoms with Crippen LogP contribution in [0.4, 0.5) is 17.6 Å². The van der Waals surface area contributed by atoms with E-state index in [-0.39, 0.29) is 5.56 Å². The largest absolute Gasteiger partial charge is 0.480 e. The first-order valence-electron chi connectivity index (χ1n) is 6.27. The third-order valence-electron chi connectivity index (χ3n) is 3.24. The van der Waals surface area contributed by atoms with Gasteiger partial charge in [0, 0.05) is 0 Å². The molecule has 2 N–H and O–H groups in total. The minimum atomic E-state index is -4.56. The number of carbonyl (C=O) groups excluding carboxylic acids is 1. The maximum absolute atomic E-state index is 12.7. The van der Waals surface area contributed by atoms with Gasteiger partial charge in [-0.2, -0.15) is 13.2 Å². The second kappa shape index (κ2) is 6.33. The van der Waals surface area contributed by atoms with Gasteiger partial charge >= 0.3 is 12.1 Å². The molecule has 0 saturated carbocycles. The zero-order chi connectivity index (χ0) is 17.1. The zero-order valence-electron chi connectivity index (χ0n) is 11.9. The van der Waals surface area contributed by atoms with Gasteiger partial charge < -0.3 is 10.4 Å². The normalized spacial score (nSPS) is 13.5. The summed E-state index contributed by atoms with van der Waals surface area (Å²) < 4.78 is 50.6. The van der Waals surface area contributed by atoms with Gasteiger partial charge in [-0.25, -0.2) is 9.18 Å². The van der Waals surface area contributed by atoms with Crippen molar-refractivity contribution >= 4 is 11.9 Å². The molecule has 0 saturated heterocycles. The van der Waals surface area contributed by atoms with Crippen molar-refractivity contribution in [3.05, 3.63) is 35.4 Å². The average Bonchev–Trinajstić information content (AvgIpc) is 2.43. The summed E-state index contributed by atoms with van der Waals surface area (Å²) in [4.78, 5) is 22.8. The van der Waals surface area contributed by atoms with Crippen molar-refractivity contribution in [2.75, 3.05) is 6.67 Å². The summed E-state index contributed by atoms with van der Waals surface area (Å²) in [6, 6.07) is 2.40. The fourth-order valence-electron chi connectivity index (χ4n) is 1.72. The summed E-state index contributed by atoms with van der Waals surface area (Å²) >= 11 is 0. The van der Waals surface area contributed by atoms with Crippen molar-refractivity contribution < 1.29 is 32.3 Å². The fourth-order valence-corrected chi connectivity index (χ4v) is 1.72. The molecule has 8 heteroatoms. The number of alkyl halides is 4. The topological polar surface area (TPSA) is 66.4 Å². The summed E-state index contributed by atoms with van der Waals surface area (Å²) in [6.45, 7) is 1.34. The molecule has 0 aliphatic rings. The molecule has 1 rings (SSSR count). The predicted molar refractivity (Wildman–Crippen MR) is 70.0 cm³/mol. The minimum Gasteiger partial charge on any atom is -0.480 e. The van der Waals surface area contributed by atoms with Crippen LogP contribution in [-0.2, 0) is 21.2 Å². The molecule has 0 fully saturated rings. The molecular weight excluding hydrogens is 306 g/mol. The first-order valence-corrected chi connectivity index (χ1v) is 6.27. The van der Waals surface area contributed by atoms with Crippen LogP contribution in [0, 0.1) is 0 Å². The number of benzene rings is 1. The lowest BCUT2D eigenvalue weighted by atomic mass is 9.82. The Labute approximate surface area is 124 Å². The van der Waals surface area contributed by atoms with E-state index in [1.54, 1.807) is 0 Å². The van der Waals surface area contributed by atoms with E-state index >= 15 is 0 Å². The molecule has 1 amide bonds. The van der Waals surface area contributed by atoms with Gasteiger partial charge in [0.25, 0.3) is 0 Å². The Morgan fingerprint density at radius 1 is 1.23 bits per heavy atom. The molecule has 0 radical (unpaired) electrons. The van der Waals surface area contributed by atoms with Crippen molar-refractivity contribution in [3.63, 3.8) is 0 Å². The van der Waals surface area contributed by atoms with E-state index in [2.05, 4.69) is 0 Å². The van der Waals surface area contributed by atoms with Crippen LogP contribution in [0.3, 0.4) is 0 Å². The lowest BCUT2D eigenvalue weighted by Crippen LogP contribution is -2.49. The molecule has 0 spiro atoms. The Hall–Kier alpha value is -2.12. The fraction of sp³-hybridized carbons (Fsp3) is 0.429. The smallest absolute Gasteiger partial charge is 0.416 e. The Bertz CT molecular complexity index is 569. The van der Waals surface area contributed by atoms with Crippen molar-refractivity contribution in [3.8, 4) is 0 Å². The molecule has 22 heavy (non-hydrogen) atoms. The van der Waals surface area contributed by atoms with E-state index in [1.807, 2.05) is 5.32 Å². The quantitative estimate of drug-likeness (QED) is 0.819. The molecule has 1 aromatic rings. The first-order chi connectivity index (χ1) is 10.00. The van der Waals surface area contributed by atoms with Gasteiger partial charge in [-0.1, -0.05) is 18.2 Å². The van der Waals surface area contributed by atoms with E-state index in [4.69, 9.17) is 5.11 Å². The van der Waals surface area contributed by atoms with E-state index in [0.717, 1.165) is 18.2 Å². The number of amides is 1. The third kappa shape index (κ3) is 3.96. The molecular formula is C14H15F4NO3. The van der Waals surface area contributed by atoms with E-state index < -0.39 is 41.7 Å². The van der Waals surface area contributed by atoms with E-state index in [9.17, 15) is 27.2 Å². The van der Waals surface area contributed by atoms with E-state index in [0.29, 0.717) is 0 Å². The summed E-state index contributed by atoms with van der Waals surface area (Å²) in [5, 5.41) is 10.7. The number of rotatable bonds is 5. The second-order valence-corrected chi connectivity index (χ2v) is 5.22. The monoisotopic (exact) mass is 321 g/mol. The Balaban J connectivity index is 3.08. The number of carbonyl (C=O) groups is 2. The van der Waals surface area contributed by atoms with Gasteiger partial charge in [0.15, 0.2) is 6.04 Å². The number of hydrogen-bond acceptors (Lipinski definition) is 2. The van der Waals surface area contributed by atoms with Crippen molar-refractivity contribution in [2.45, 2.75) is 31.5 Å². The molecule has 1 atom stereocenters. The third-order valence-corrected chi connectivity index (χ3v) is 3.24. The SMILES string of the molecule is CC(C)(C(=O)NC(CF)C(=O)O)c1cccc(C(F)(F)F)c1. The van der Waals surface area contributed by atoms with Crippen LogP contribution in [0.5, 0.6) is 0 Å². The van der Waals surface area contributed by atoms with Crippen LogP contribution in [0.25, 0.3) is 0 Å². The van der Waals surface area contributed by atoms with Crippen molar-refractivity contribution in [2.24, 2.45) is 0 Å². The lowest BCUT2D eigenvalue weighted by molar-refractivity contribution is -0.143. The minimum absolute atomic E-state index is 0.0443. The van der Waals surface area contributed by atoms with Crippen LogP contribution < -0.4 is 5.32 Å². The number of carboxylic acid groups (broad SMARTS) is 1. The van der Waals surface area contributed by atoms with Gasteiger partial charge in [-0.3, -0.25) is 4.79 Å². The number of carboxylic acids is 1. The highest BCUT2D eigenvalue weighted by Crippen LogP contribution is 2.32. The summed E-state index contributed by atoms with van der Waals surface area (Å²) in [7, 11) is 0. The molecule has 0 aromatic heterocycles. The molecule has 0 bridgehead atoms. The number of aliphatic carboxylic acids is 1. The maximum Gasteiger partial charge on any atom is 0.416 e. The maximum atomic E-state index is 12.7.